The van der Waals surface area contributed by atoms with Gasteiger partial charge in [0, 0.05) is 11.1 Å². The van der Waals surface area contributed by atoms with Crippen molar-refractivity contribution in [3.8, 4) is 5.75 Å². The maximum atomic E-state index is 12.9. The summed E-state index contributed by atoms with van der Waals surface area (Å²) in [6.45, 7) is 0. The highest BCUT2D eigenvalue weighted by Crippen LogP contribution is 2.26. The summed E-state index contributed by atoms with van der Waals surface area (Å²) < 4.78 is 18.2. The molecular weight excluding hydrogens is 295 g/mol. The standard InChI is InChI=1S/C19H17FO3/c20-16-9-5-13(6-10-16)18(21)14-7-11-17(12-8-14)23-19(22)15-3-1-2-4-15/h5-12,15H,1-4H2. The first-order chi connectivity index (χ1) is 11.1. The molecule has 0 bridgehead atoms. The molecule has 0 unspecified atom stereocenters. The van der Waals surface area contributed by atoms with E-state index in [4.69, 9.17) is 4.74 Å². The van der Waals surface area contributed by atoms with E-state index in [1.807, 2.05) is 0 Å². The molecule has 1 fully saturated rings. The van der Waals surface area contributed by atoms with Gasteiger partial charge in [-0.3, -0.25) is 9.59 Å². The maximum absolute atomic E-state index is 12.9. The average Bonchev–Trinajstić information content (AvgIpc) is 3.10. The molecule has 0 N–H and O–H groups in total. The Bertz CT molecular complexity index is 698. The number of carbonyl (C=O) groups excluding carboxylic acids is 2. The van der Waals surface area contributed by atoms with Crippen LogP contribution in [0.4, 0.5) is 4.39 Å². The highest BCUT2D eigenvalue weighted by molar-refractivity contribution is 6.09. The number of ketones is 1. The summed E-state index contributed by atoms with van der Waals surface area (Å²) in [5, 5.41) is 0. The third kappa shape index (κ3) is 3.65. The smallest absolute Gasteiger partial charge is 0.314 e. The highest BCUT2D eigenvalue weighted by Gasteiger charge is 2.24. The summed E-state index contributed by atoms with van der Waals surface area (Å²) in [6, 6.07) is 11.9. The number of benzene rings is 2. The Labute approximate surface area is 134 Å². The van der Waals surface area contributed by atoms with Crippen molar-refractivity contribution in [1.82, 2.24) is 0 Å². The van der Waals surface area contributed by atoms with Gasteiger partial charge in [0.15, 0.2) is 5.78 Å². The molecule has 0 atom stereocenters. The Balaban J connectivity index is 1.67. The zero-order valence-electron chi connectivity index (χ0n) is 12.6. The number of hydrogen-bond acceptors (Lipinski definition) is 3. The quantitative estimate of drug-likeness (QED) is 0.484. The maximum Gasteiger partial charge on any atom is 0.314 e. The Morgan fingerprint density at radius 1 is 0.870 bits per heavy atom. The number of ether oxygens (including phenoxy) is 1. The van der Waals surface area contributed by atoms with Gasteiger partial charge in [0.25, 0.3) is 0 Å². The van der Waals surface area contributed by atoms with E-state index >= 15 is 0 Å². The summed E-state index contributed by atoms with van der Waals surface area (Å²) in [4.78, 5) is 24.2. The first-order valence-corrected chi connectivity index (χ1v) is 7.75. The summed E-state index contributed by atoms with van der Waals surface area (Å²) in [5.41, 5.74) is 0.888. The topological polar surface area (TPSA) is 43.4 Å². The van der Waals surface area contributed by atoms with Gasteiger partial charge in [0.1, 0.15) is 11.6 Å². The second-order valence-corrected chi connectivity index (χ2v) is 5.76. The van der Waals surface area contributed by atoms with Gasteiger partial charge in [-0.15, -0.1) is 0 Å². The van der Waals surface area contributed by atoms with Gasteiger partial charge < -0.3 is 4.74 Å². The van der Waals surface area contributed by atoms with Gasteiger partial charge in [-0.05, 0) is 61.4 Å². The second-order valence-electron chi connectivity index (χ2n) is 5.76. The molecule has 0 heterocycles. The molecule has 0 radical (unpaired) electrons. The number of hydrogen-bond donors (Lipinski definition) is 0. The first kappa shape index (κ1) is 15.4. The van der Waals surface area contributed by atoms with Crippen LogP contribution in [0, 0.1) is 11.7 Å². The first-order valence-electron chi connectivity index (χ1n) is 7.75. The van der Waals surface area contributed by atoms with Crippen LogP contribution >= 0.6 is 0 Å². The summed E-state index contributed by atoms with van der Waals surface area (Å²) in [6.07, 6.45) is 3.93. The minimum absolute atomic E-state index is 0.00414. The molecule has 1 aliphatic rings. The van der Waals surface area contributed by atoms with Crippen LogP contribution in [0.25, 0.3) is 0 Å². The van der Waals surface area contributed by atoms with Crippen LogP contribution in [-0.2, 0) is 4.79 Å². The number of carbonyl (C=O) groups is 2. The Kier molecular flexibility index (Phi) is 4.51. The van der Waals surface area contributed by atoms with E-state index in [2.05, 4.69) is 0 Å². The second kappa shape index (κ2) is 6.73. The van der Waals surface area contributed by atoms with E-state index in [1.54, 1.807) is 24.3 Å². The fraction of sp³-hybridized carbons (Fsp3) is 0.263. The number of esters is 1. The molecule has 23 heavy (non-hydrogen) atoms. The van der Waals surface area contributed by atoms with Gasteiger partial charge >= 0.3 is 5.97 Å². The molecule has 0 aromatic heterocycles. The molecule has 0 saturated heterocycles. The van der Waals surface area contributed by atoms with Crippen molar-refractivity contribution in [3.05, 3.63) is 65.5 Å². The van der Waals surface area contributed by atoms with Crippen LogP contribution < -0.4 is 4.74 Å². The van der Waals surface area contributed by atoms with Crippen molar-refractivity contribution in [2.45, 2.75) is 25.7 Å². The Hall–Kier alpha value is -2.49. The van der Waals surface area contributed by atoms with Crippen LogP contribution in [0.1, 0.15) is 41.6 Å². The number of halogens is 1. The molecule has 1 aliphatic carbocycles. The van der Waals surface area contributed by atoms with Crippen molar-refractivity contribution in [3.63, 3.8) is 0 Å². The van der Waals surface area contributed by atoms with Crippen molar-refractivity contribution < 1.29 is 18.7 Å². The molecule has 2 aromatic carbocycles. The zero-order valence-corrected chi connectivity index (χ0v) is 12.6. The lowest BCUT2D eigenvalue weighted by Gasteiger charge is -2.09. The minimum Gasteiger partial charge on any atom is -0.426 e. The highest BCUT2D eigenvalue weighted by atomic mass is 19.1. The van der Waals surface area contributed by atoms with Crippen molar-refractivity contribution in [2.24, 2.45) is 5.92 Å². The lowest BCUT2D eigenvalue weighted by molar-refractivity contribution is -0.138. The molecule has 118 valence electrons. The van der Waals surface area contributed by atoms with Crippen LogP contribution in [0.3, 0.4) is 0 Å². The fourth-order valence-electron chi connectivity index (χ4n) is 2.80. The largest absolute Gasteiger partial charge is 0.426 e. The Morgan fingerprint density at radius 3 is 1.96 bits per heavy atom. The zero-order chi connectivity index (χ0) is 16.2. The van der Waals surface area contributed by atoms with Crippen molar-refractivity contribution in [1.29, 1.82) is 0 Å². The number of rotatable bonds is 4. The van der Waals surface area contributed by atoms with Gasteiger partial charge in [0.2, 0.25) is 0 Å². The van der Waals surface area contributed by atoms with Crippen molar-refractivity contribution >= 4 is 11.8 Å². The molecule has 3 rings (SSSR count). The molecule has 0 aliphatic heterocycles. The molecule has 3 nitrogen and oxygen atoms in total. The minimum atomic E-state index is -0.379. The monoisotopic (exact) mass is 312 g/mol. The van der Waals surface area contributed by atoms with Crippen LogP contribution in [-0.4, -0.2) is 11.8 Å². The van der Waals surface area contributed by atoms with Crippen LogP contribution in [0.5, 0.6) is 5.75 Å². The van der Waals surface area contributed by atoms with E-state index in [0.717, 1.165) is 25.7 Å². The summed E-state index contributed by atoms with van der Waals surface area (Å²) >= 11 is 0. The molecule has 0 spiro atoms. The predicted octanol–water partition coefficient (Wildman–Crippen LogP) is 4.15. The summed E-state index contributed by atoms with van der Waals surface area (Å²) in [7, 11) is 0. The third-order valence-corrected chi connectivity index (χ3v) is 4.13. The molecule has 0 amide bonds. The lowest BCUT2D eigenvalue weighted by Crippen LogP contribution is -2.17. The lowest BCUT2D eigenvalue weighted by atomic mass is 10.0. The summed E-state index contributed by atoms with van der Waals surface area (Å²) in [5.74, 6) is -0.331. The van der Waals surface area contributed by atoms with Gasteiger partial charge in [-0.2, -0.15) is 0 Å². The van der Waals surface area contributed by atoms with Crippen LogP contribution in [0.15, 0.2) is 48.5 Å². The predicted molar refractivity (Wildman–Crippen MR) is 83.9 cm³/mol. The molecule has 4 heteroatoms. The molecule has 1 saturated carbocycles. The average molecular weight is 312 g/mol. The SMILES string of the molecule is O=C(c1ccc(F)cc1)c1ccc(OC(=O)C2CCCC2)cc1. The van der Waals surface area contributed by atoms with Crippen LogP contribution in [0.2, 0.25) is 0 Å². The van der Waals surface area contributed by atoms with Crippen molar-refractivity contribution in [2.75, 3.05) is 0 Å². The van der Waals surface area contributed by atoms with Gasteiger partial charge in [-0.25, -0.2) is 4.39 Å². The third-order valence-electron chi connectivity index (χ3n) is 4.13. The Morgan fingerprint density at radius 2 is 1.39 bits per heavy atom. The van der Waals surface area contributed by atoms with Gasteiger partial charge in [-0.1, -0.05) is 12.8 Å². The van der Waals surface area contributed by atoms with E-state index in [-0.39, 0.29) is 23.5 Å². The molecular formula is C19H17FO3. The van der Waals surface area contributed by atoms with E-state index in [0.29, 0.717) is 16.9 Å². The van der Waals surface area contributed by atoms with Gasteiger partial charge in [0.05, 0.1) is 5.92 Å². The van der Waals surface area contributed by atoms with E-state index in [9.17, 15) is 14.0 Å². The normalized spacial score (nSPS) is 14.7. The fourth-order valence-corrected chi connectivity index (χ4v) is 2.80. The molecule has 2 aromatic rings. The van der Waals surface area contributed by atoms with E-state index < -0.39 is 0 Å². The van der Waals surface area contributed by atoms with E-state index in [1.165, 1.54) is 24.3 Å².